The lowest BCUT2D eigenvalue weighted by molar-refractivity contribution is -0.210. The Bertz CT molecular complexity index is 1930. The van der Waals surface area contributed by atoms with E-state index in [4.69, 9.17) is 9.84 Å². The minimum absolute atomic E-state index is 0.00290. The van der Waals surface area contributed by atoms with Crippen LogP contribution in [0.5, 0.6) is 0 Å². The number of amides is 1. The number of benzene rings is 1. The highest BCUT2D eigenvalue weighted by molar-refractivity contribution is 5.94. The maximum atomic E-state index is 15.9. The van der Waals surface area contributed by atoms with E-state index in [9.17, 15) is 13.6 Å². The van der Waals surface area contributed by atoms with Crippen LogP contribution in [0.15, 0.2) is 42.7 Å². The average molecular weight is 676 g/mol. The Labute approximate surface area is 282 Å². The van der Waals surface area contributed by atoms with Crippen LogP contribution in [0, 0.1) is 11.2 Å². The molecule has 0 bridgehead atoms. The number of ether oxygens (including phenoxy) is 1. The molecule has 3 N–H and O–H groups in total. The zero-order valence-corrected chi connectivity index (χ0v) is 27.8. The Hall–Kier alpha value is -4.27. The number of hydrogen-bond donors (Lipinski definition) is 3. The highest BCUT2D eigenvalue weighted by atomic mass is 19.3. The number of rotatable bonds is 8. The molecule has 14 heteroatoms. The SMILES string of the molecule is CNc1cc(N2CCc3c(-c4ncc([C@H](C)N5CC6(CCNCC6(F)F)C5)cc4F)cccc32)nn2c(C(=O)N[C@@H]3CC[C@H]3OC)cnc12. The standard InChI is InChI=1S/C35H40F3N9O2/c1-20(45-18-34(19-45)10-11-40-17-35(34,37)38)21-13-24(36)31(41-15-21)23-5-4-6-27-22(23)9-12-46(27)30-14-26(39-2)32-42-16-28(47(32)44-30)33(48)43-25-7-8-29(25)49-3/h4-6,13-16,20,25,29,39-40H,7-12,17-19H2,1-3H3,(H,43,48)/t20-,25+,29+/m0/s1. The molecule has 49 heavy (non-hydrogen) atoms. The summed E-state index contributed by atoms with van der Waals surface area (Å²) < 4.78 is 52.3. The second kappa shape index (κ2) is 12.0. The van der Waals surface area contributed by atoms with Crippen molar-refractivity contribution < 1.29 is 22.7 Å². The summed E-state index contributed by atoms with van der Waals surface area (Å²) in [6.45, 7) is 3.36. The molecular formula is C35H40F3N9O2. The van der Waals surface area contributed by atoms with Crippen LogP contribution in [0.25, 0.3) is 16.9 Å². The molecule has 3 aliphatic heterocycles. The van der Waals surface area contributed by atoms with Gasteiger partial charge >= 0.3 is 0 Å². The summed E-state index contributed by atoms with van der Waals surface area (Å²) in [5.74, 6) is -2.87. The van der Waals surface area contributed by atoms with Crippen LogP contribution in [-0.4, -0.2) is 95.3 Å². The number of carbonyl (C=O) groups is 1. The number of pyridine rings is 1. The van der Waals surface area contributed by atoms with Gasteiger partial charge in [0.05, 0.1) is 36.0 Å². The Kier molecular flexibility index (Phi) is 7.80. The van der Waals surface area contributed by atoms with Crippen LogP contribution >= 0.6 is 0 Å². The normalized spacial score (nSPS) is 23.2. The molecule has 8 rings (SSSR count). The maximum absolute atomic E-state index is 15.9. The monoisotopic (exact) mass is 675 g/mol. The van der Waals surface area contributed by atoms with Gasteiger partial charge in [0, 0.05) is 63.3 Å². The van der Waals surface area contributed by atoms with Gasteiger partial charge in [0.1, 0.15) is 11.5 Å². The highest BCUT2D eigenvalue weighted by Crippen LogP contribution is 2.51. The average Bonchev–Trinajstić information content (AvgIpc) is 3.70. The summed E-state index contributed by atoms with van der Waals surface area (Å²) in [6.07, 6.45) is 6.01. The lowest BCUT2D eigenvalue weighted by Gasteiger charge is -2.57. The van der Waals surface area contributed by atoms with Gasteiger partial charge in [-0.15, -0.1) is 5.10 Å². The largest absolute Gasteiger partial charge is 0.385 e. The Morgan fingerprint density at radius 3 is 2.71 bits per heavy atom. The topological polar surface area (TPSA) is 112 Å². The van der Waals surface area contributed by atoms with Crippen LogP contribution in [0.3, 0.4) is 0 Å². The number of nitrogens with zero attached hydrogens (tertiary/aromatic N) is 6. The van der Waals surface area contributed by atoms with E-state index in [2.05, 4.69) is 30.8 Å². The van der Waals surface area contributed by atoms with Gasteiger partial charge in [-0.1, -0.05) is 12.1 Å². The molecule has 0 unspecified atom stereocenters. The number of aromatic nitrogens is 4. The fourth-order valence-electron chi connectivity index (χ4n) is 7.91. The summed E-state index contributed by atoms with van der Waals surface area (Å²) >= 11 is 0. The van der Waals surface area contributed by atoms with Gasteiger partial charge in [-0.05, 0) is 62.4 Å². The van der Waals surface area contributed by atoms with Gasteiger partial charge in [-0.25, -0.2) is 22.7 Å². The number of anilines is 3. The third kappa shape index (κ3) is 5.14. The van der Waals surface area contributed by atoms with Crippen molar-refractivity contribution in [3.63, 3.8) is 0 Å². The van der Waals surface area contributed by atoms with E-state index in [-0.39, 0.29) is 49.4 Å². The summed E-state index contributed by atoms with van der Waals surface area (Å²) in [5, 5.41) is 13.9. The predicted octanol–water partition coefficient (Wildman–Crippen LogP) is 4.57. The third-order valence-corrected chi connectivity index (χ3v) is 11.2. The zero-order valence-electron chi connectivity index (χ0n) is 27.8. The van der Waals surface area contributed by atoms with Gasteiger partial charge in [0.25, 0.3) is 11.8 Å². The molecular weight excluding hydrogens is 635 g/mol. The minimum atomic E-state index is -2.76. The summed E-state index contributed by atoms with van der Waals surface area (Å²) in [6, 6.07) is 8.82. The van der Waals surface area contributed by atoms with Crippen molar-refractivity contribution in [2.45, 2.75) is 56.7 Å². The molecule has 1 aliphatic carbocycles. The molecule has 4 aromatic rings. The van der Waals surface area contributed by atoms with Crippen molar-refractivity contribution in [2.24, 2.45) is 5.41 Å². The number of halogens is 3. The number of piperidine rings is 1. The van der Waals surface area contributed by atoms with Gasteiger partial charge < -0.3 is 25.6 Å². The summed E-state index contributed by atoms with van der Waals surface area (Å²) in [7, 11) is 3.44. The van der Waals surface area contributed by atoms with E-state index in [1.807, 2.05) is 36.1 Å². The molecule has 258 valence electrons. The lowest BCUT2D eigenvalue weighted by Crippen LogP contribution is -2.69. The number of carbonyl (C=O) groups excluding carboxylic acids is 1. The Morgan fingerprint density at radius 2 is 2.00 bits per heavy atom. The van der Waals surface area contributed by atoms with E-state index in [1.165, 1.54) is 12.3 Å². The lowest BCUT2D eigenvalue weighted by atomic mass is 9.69. The molecule has 3 aromatic heterocycles. The van der Waals surface area contributed by atoms with Crippen LogP contribution in [0.1, 0.15) is 53.8 Å². The minimum Gasteiger partial charge on any atom is -0.385 e. The van der Waals surface area contributed by atoms with Gasteiger partial charge in [-0.2, -0.15) is 0 Å². The van der Waals surface area contributed by atoms with E-state index < -0.39 is 17.2 Å². The number of fused-ring (bicyclic) bond motifs is 2. The van der Waals surface area contributed by atoms with E-state index in [0.29, 0.717) is 59.9 Å². The van der Waals surface area contributed by atoms with Gasteiger partial charge in [0.2, 0.25) is 0 Å². The molecule has 3 fully saturated rings. The number of imidazole rings is 1. The molecule has 1 aromatic carbocycles. The van der Waals surface area contributed by atoms with Crippen molar-refractivity contribution in [1.82, 2.24) is 35.1 Å². The number of likely N-dealkylation sites (tertiary alicyclic amines) is 1. The number of methoxy groups -OCH3 is 1. The molecule has 6 heterocycles. The first-order valence-electron chi connectivity index (χ1n) is 16.9. The van der Waals surface area contributed by atoms with E-state index in [1.54, 1.807) is 24.9 Å². The van der Waals surface area contributed by atoms with Gasteiger partial charge in [0.15, 0.2) is 17.2 Å². The fourth-order valence-corrected chi connectivity index (χ4v) is 7.91. The predicted molar refractivity (Wildman–Crippen MR) is 179 cm³/mol. The van der Waals surface area contributed by atoms with E-state index >= 15 is 4.39 Å². The van der Waals surface area contributed by atoms with Crippen LogP contribution < -0.4 is 20.9 Å². The second-order valence-corrected chi connectivity index (χ2v) is 13.8. The molecule has 4 aliphatic rings. The Morgan fingerprint density at radius 1 is 1.16 bits per heavy atom. The van der Waals surface area contributed by atoms with Crippen LogP contribution in [-0.2, 0) is 11.2 Å². The van der Waals surface area contributed by atoms with Crippen LogP contribution in [0.4, 0.5) is 30.4 Å². The highest BCUT2D eigenvalue weighted by Gasteiger charge is 2.61. The van der Waals surface area contributed by atoms with Gasteiger partial charge in [-0.3, -0.25) is 14.7 Å². The van der Waals surface area contributed by atoms with Crippen molar-refractivity contribution >= 4 is 28.7 Å². The van der Waals surface area contributed by atoms with Crippen molar-refractivity contribution in [1.29, 1.82) is 0 Å². The number of hydrogen-bond acceptors (Lipinski definition) is 9. The van der Waals surface area contributed by atoms with Crippen molar-refractivity contribution in [2.75, 3.05) is 57.1 Å². The molecule has 1 spiro atoms. The molecule has 3 atom stereocenters. The second-order valence-electron chi connectivity index (χ2n) is 13.8. The quantitative estimate of drug-likeness (QED) is 0.248. The maximum Gasteiger partial charge on any atom is 0.271 e. The molecule has 1 saturated carbocycles. The smallest absolute Gasteiger partial charge is 0.271 e. The fraction of sp³-hybridized carbons (Fsp3) is 0.486. The third-order valence-electron chi connectivity index (χ3n) is 11.2. The Balaban J connectivity index is 1.05. The number of alkyl halides is 2. The first-order valence-corrected chi connectivity index (χ1v) is 16.9. The molecule has 1 amide bonds. The van der Waals surface area contributed by atoms with Crippen molar-refractivity contribution in [3.8, 4) is 11.3 Å². The summed E-state index contributed by atoms with van der Waals surface area (Å²) in [4.78, 5) is 26.4. The van der Waals surface area contributed by atoms with Crippen molar-refractivity contribution in [3.05, 3.63) is 65.4 Å². The van der Waals surface area contributed by atoms with E-state index in [0.717, 1.165) is 24.1 Å². The van der Waals surface area contributed by atoms with Crippen LogP contribution in [0.2, 0.25) is 0 Å². The summed E-state index contributed by atoms with van der Waals surface area (Å²) in [5.41, 5.74) is 3.97. The zero-order chi connectivity index (χ0) is 34.1. The first kappa shape index (κ1) is 32.0. The molecule has 0 radical (unpaired) electrons. The molecule has 2 saturated heterocycles. The first-order chi connectivity index (χ1) is 23.6. The molecule has 11 nitrogen and oxygen atoms in total. The number of nitrogens with one attached hydrogen (secondary N) is 3.